The number of para-hydroxylation sites is 3. The second-order valence-electron chi connectivity index (χ2n) is 28.5. The van der Waals surface area contributed by atoms with Crippen LogP contribution in [-0.2, 0) is 71.9 Å². The number of benzodiazepines with no additional fused rings is 3. The maximum atomic E-state index is 14.1. The molecule has 4 heterocycles. The van der Waals surface area contributed by atoms with E-state index in [4.69, 9.17) is 23.7 Å². The Bertz CT molecular complexity index is 5880. The summed E-state index contributed by atoms with van der Waals surface area (Å²) in [6.07, 6.45) is -4.11. The fourth-order valence-electron chi connectivity index (χ4n) is 13.7. The largest absolute Gasteiger partial charge is 0.496 e. The van der Waals surface area contributed by atoms with E-state index in [0.29, 0.717) is 86.4 Å². The normalized spacial score (nSPS) is 14.8. The SMILES string of the molecule is CC(=O)C[C@@H](C=O)NC(=O)CN1C(=O)C(NC(=O)C(=O)c2cccs2)N=C(c2ccccc2)c2ccccc21.COc1cc(C(=O)C(=O)NC2N=C(c3ccccc3)c3ccccc3N(CC(=O)N[C@H](C=O)CC(C)=O)C2=O)cc(OC)c1OC.COc1cccc(OC)c1C(=O)C(=O)NC1N=C(c2ccccc2)c2ccccc2N(CC(=O)N[C@H](C=O)CC(C)=O)C1=O. The molecule has 3 unspecified atom stereocenters. The Hall–Kier alpha value is -16.3. The van der Waals surface area contributed by atoms with Gasteiger partial charge >= 0.3 is 0 Å². The second-order valence-corrected chi connectivity index (χ2v) is 29.5. The van der Waals surface area contributed by atoms with Crippen LogP contribution in [0.4, 0.5) is 17.1 Å². The minimum absolute atomic E-state index is 0.0890. The molecule has 662 valence electrons. The van der Waals surface area contributed by atoms with Crippen LogP contribution < -0.4 is 70.3 Å². The van der Waals surface area contributed by atoms with E-state index in [-0.39, 0.29) is 81.4 Å². The Balaban J connectivity index is 0.000000202. The van der Waals surface area contributed by atoms with E-state index in [1.165, 1.54) is 86.7 Å². The molecule has 3 aliphatic heterocycles. The third-order valence-corrected chi connectivity index (χ3v) is 20.3. The van der Waals surface area contributed by atoms with E-state index in [1.54, 1.807) is 175 Å². The number of methoxy groups -OCH3 is 5. The molecule has 0 fully saturated rings. The Labute approximate surface area is 741 Å². The molecule has 1 aromatic heterocycles. The van der Waals surface area contributed by atoms with Crippen molar-refractivity contribution in [2.24, 2.45) is 15.0 Å². The van der Waals surface area contributed by atoms with Crippen LogP contribution in [0, 0.1) is 0 Å². The van der Waals surface area contributed by atoms with Gasteiger partial charge in [0.1, 0.15) is 72.9 Å². The molecular formula is C93H86N12O23S. The van der Waals surface area contributed by atoms with Crippen molar-refractivity contribution in [1.82, 2.24) is 31.9 Å². The van der Waals surface area contributed by atoms with Gasteiger partial charge in [0.2, 0.25) is 42.0 Å². The van der Waals surface area contributed by atoms with Crippen LogP contribution in [0.3, 0.4) is 0 Å². The third kappa shape index (κ3) is 23.8. The Kier molecular flexibility index (Phi) is 33.0. The first-order valence-electron chi connectivity index (χ1n) is 39.5. The number of fused-ring (bicyclic) bond motifs is 3. The Morgan fingerprint density at radius 2 is 0.682 bits per heavy atom. The van der Waals surface area contributed by atoms with Crippen LogP contribution in [0.15, 0.2) is 227 Å². The summed E-state index contributed by atoms with van der Waals surface area (Å²) in [5.74, 6) is -11.0. The van der Waals surface area contributed by atoms with Crippen molar-refractivity contribution in [1.29, 1.82) is 0 Å². The highest BCUT2D eigenvalue weighted by atomic mass is 32.1. The lowest BCUT2D eigenvalue weighted by Gasteiger charge is -2.25. The van der Waals surface area contributed by atoms with Gasteiger partial charge in [0.25, 0.3) is 52.8 Å². The number of nitrogens with one attached hydrogen (secondary N) is 6. The number of ether oxygens (including phenoxy) is 5. The number of benzene rings is 8. The number of hydrogen-bond acceptors (Lipinski definition) is 27. The highest BCUT2D eigenvalue weighted by Crippen LogP contribution is 2.39. The van der Waals surface area contributed by atoms with Crippen LogP contribution >= 0.6 is 11.3 Å². The first-order valence-corrected chi connectivity index (χ1v) is 40.4. The van der Waals surface area contributed by atoms with Gasteiger partial charge < -0.3 is 70.0 Å². The maximum absolute atomic E-state index is 14.1. The first kappa shape index (κ1) is 95.0. The molecule has 0 saturated carbocycles. The molecule has 0 saturated heterocycles. The molecule has 0 aliphatic carbocycles. The molecule has 12 rings (SSSR count). The molecule has 0 radical (unpaired) electrons. The number of carbonyl (C=O) groups excluding carboxylic acids is 18. The summed E-state index contributed by atoms with van der Waals surface area (Å²) >= 11 is 1.09. The number of aliphatic imine (C=N–C) groups is 3. The lowest BCUT2D eigenvalue weighted by atomic mass is 10.0. The van der Waals surface area contributed by atoms with Gasteiger partial charge in [0, 0.05) is 58.2 Å². The average molecular weight is 1770 g/mol. The zero-order chi connectivity index (χ0) is 93.1. The van der Waals surface area contributed by atoms with E-state index in [9.17, 15) is 86.3 Å². The predicted octanol–water partition coefficient (Wildman–Crippen LogP) is 5.68. The van der Waals surface area contributed by atoms with Crippen LogP contribution in [0.5, 0.6) is 28.7 Å². The molecule has 8 aromatic carbocycles. The van der Waals surface area contributed by atoms with Gasteiger partial charge in [0.05, 0.1) is 92.7 Å². The molecular weight excluding hydrogens is 1690 g/mol. The van der Waals surface area contributed by atoms with Crippen molar-refractivity contribution in [3.05, 3.63) is 261 Å². The number of carbonyl (C=O) groups is 18. The highest BCUT2D eigenvalue weighted by Gasteiger charge is 2.41. The minimum Gasteiger partial charge on any atom is -0.496 e. The fourth-order valence-corrected chi connectivity index (χ4v) is 14.3. The van der Waals surface area contributed by atoms with Crippen LogP contribution in [0.2, 0.25) is 0 Å². The van der Waals surface area contributed by atoms with Crippen molar-refractivity contribution < 1.29 is 110 Å². The van der Waals surface area contributed by atoms with Gasteiger partial charge in [-0.05, 0) is 74.7 Å². The fraction of sp³-hybridized carbons (Fsp3) is 0.215. The summed E-state index contributed by atoms with van der Waals surface area (Å²) in [5.41, 5.74) is 5.04. The molecule has 0 spiro atoms. The average Bonchev–Trinajstić information content (AvgIpc) is 1.65. The van der Waals surface area contributed by atoms with Gasteiger partial charge in [-0.2, -0.15) is 0 Å². The molecule has 36 heteroatoms. The number of Topliss-reactive ketones (excluding diaryl/α,β-unsaturated/α-hetero) is 6. The molecule has 9 amide bonds. The zero-order valence-electron chi connectivity index (χ0n) is 70.6. The summed E-state index contributed by atoms with van der Waals surface area (Å²) in [6, 6.07) is 54.0. The number of rotatable bonds is 35. The predicted molar refractivity (Wildman–Crippen MR) is 471 cm³/mol. The Morgan fingerprint density at radius 3 is 0.977 bits per heavy atom. The second kappa shape index (κ2) is 44.9. The van der Waals surface area contributed by atoms with E-state index in [1.807, 2.05) is 6.07 Å². The summed E-state index contributed by atoms with van der Waals surface area (Å²) < 4.78 is 26.4. The standard InChI is InChI=1S/C33H32N4O9.C32H30N4O8.C28H24N4O6S/c1-19(39)14-22(18-38)34-27(40)17-37-24-13-9-8-12-23(24)28(20-10-6-5-7-11-20)35-31(33(37)43)36-32(42)29(41)21-15-25(44-2)30(46-4)26(16-21)45-3;1-19(38)16-21(18-37)33-26(39)17-36-23-13-8-7-12-22(23)28(20-10-5-4-6-11-20)34-30(32(36)42)35-31(41)29(40)27-24(43-2)14-9-15-25(27)44-3;1-17(34)14-19(16-33)29-23(35)15-32-21-11-6-5-10-20(21)24(18-8-3-2-4-9-18)30-26(28(32)38)31-27(37)25(36)22-12-7-13-39-22/h5-13,15-16,18,22,31H,14,17H2,1-4H3,(H,34,40)(H,36,42);4-15,18,21,30H,16-17H2,1-3H3,(H,33,39)(H,35,41);2-13,16,19,26H,14-15H2,1H3,(H,29,35)(H,31,37)/t22-,31?;21-,30?;19-,26?/m000/s1. The number of aldehydes is 3. The van der Waals surface area contributed by atoms with Crippen LogP contribution in [-0.4, -0.2) is 216 Å². The number of nitrogens with zero attached hydrogens (tertiary/aromatic N) is 6. The molecule has 3 aliphatic rings. The molecule has 0 bridgehead atoms. The quantitative estimate of drug-likeness (QED) is 0.0158. The van der Waals surface area contributed by atoms with Crippen molar-refractivity contribution >= 4 is 152 Å². The third-order valence-electron chi connectivity index (χ3n) is 19.5. The summed E-state index contributed by atoms with van der Waals surface area (Å²) in [4.78, 5) is 246. The van der Waals surface area contributed by atoms with Crippen molar-refractivity contribution in [3.63, 3.8) is 0 Å². The minimum atomic E-state index is -1.65. The zero-order valence-corrected chi connectivity index (χ0v) is 71.4. The smallest absolute Gasteiger partial charge is 0.295 e. The van der Waals surface area contributed by atoms with E-state index >= 15 is 0 Å². The summed E-state index contributed by atoms with van der Waals surface area (Å²) in [6.45, 7) is 2.19. The number of thiophene rings is 1. The van der Waals surface area contributed by atoms with E-state index in [2.05, 4.69) is 46.9 Å². The van der Waals surface area contributed by atoms with Crippen molar-refractivity contribution in [2.75, 3.05) is 69.9 Å². The van der Waals surface area contributed by atoms with Gasteiger partial charge in [-0.15, -0.1) is 11.3 Å². The van der Waals surface area contributed by atoms with Crippen molar-refractivity contribution in [3.8, 4) is 28.7 Å². The lowest BCUT2D eigenvalue weighted by Crippen LogP contribution is -2.52. The number of amides is 9. The molecule has 6 atom stereocenters. The van der Waals surface area contributed by atoms with E-state index < -0.39 is 127 Å². The molecule has 35 nitrogen and oxygen atoms in total. The molecule has 6 N–H and O–H groups in total. The summed E-state index contributed by atoms with van der Waals surface area (Å²) in [7, 11) is 6.77. The highest BCUT2D eigenvalue weighted by molar-refractivity contribution is 7.13. The summed E-state index contributed by atoms with van der Waals surface area (Å²) in [5, 5.41) is 16.3. The topological polar surface area (TPSA) is 472 Å². The number of hydrogen-bond donors (Lipinski definition) is 6. The monoisotopic (exact) mass is 1770 g/mol. The van der Waals surface area contributed by atoms with Gasteiger partial charge in [-0.3, -0.25) is 86.6 Å². The first-order chi connectivity index (χ1) is 62.1. The van der Waals surface area contributed by atoms with E-state index in [0.717, 1.165) is 26.0 Å². The molecule has 129 heavy (non-hydrogen) atoms. The van der Waals surface area contributed by atoms with Gasteiger partial charge in [-0.25, -0.2) is 15.0 Å². The van der Waals surface area contributed by atoms with Gasteiger partial charge in [-0.1, -0.05) is 158 Å². The van der Waals surface area contributed by atoms with Crippen LogP contribution in [0.25, 0.3) is 0 Å². The lowest BCUT2D eigenvalue weighted by molar-refractivity contribution is -0.128. The Morgan fingerprint density at radius 1 is 0.372 bits per heavy atom. The molecule has 9 aromatic rings. The van der Waals surface area contributed by atoms with Crippen molar-refractivity contribution in [2.45, 2.75) is 76.7 Å². The van der Waals surface area contributed by atoms with Gasteiger partial charge in [0.15, 0.2) is 11.5 Å². The van der Waals surface area contributed by atoms with Crippen LogP contribution in [0.1, 0.15) is 104 Å². The number of anilines is 3. The maximum Gasteiger partial charge on any atom is 0.295 e. The number of ketones is 6.